The van der Waals surface area contributed by atoms with Gasteiger partial charge in [-0.1, -0.05) is 31.2 Å². The second kappa shape index (κ2) is 8.60. The topological polar surface area (TPSA) is 74.9 Å². The lowest BCUT2D eigenvalue weighted by molar-refractivity contribution is 0.156. The second-order valence-corrected chi connectivity index (χ2v) is 8.04. The fourth-order valence-corrected chi connectivity index (χ4v) is 4.45. The van der Waals surface area contributed by atoms with Gasteiger partial charge in [0.1, 0.15) is 5.69 Å². The summed E-state index contributed by atoms with van der Waals surface area (Å²) in [4.78, 5) is 17.2. The minimum atomic E-state index is -0.180. The van der Waals surface area contributed by atoms with Crippen molar-refractivity contribution in [2.24, 2.45) is 11.0 Å². The largest absolute Gasteiger partial charge is 0.342 e. The highest BCUT2D eigenvalue weighted by molar-refractivity contribution is 5.91. The van der Waals surface area contributed by atoms with Crippen molar-refractivity contribution in [1.82, 2.24) is 19.6 Å². The monoisotopic (exact) mass is 412 g/mol. The van der Waals surface area contributed by atoms with Crippen LogP contribution in [0.2, 0.25) is 0 Å². The minimum Gasteiger partial charge on any atom is -0.306 e. The van der Waals surface area contributed by atoms with E-state index in [1.54, 1.807) is 21.9 Å². The van der Waals surface area contributed by atoms with E-state index >= 15 is 0 Å². The first kappa shape index (κ1) is 19.3. The second-order valence-electron chi connectivity index (χ2n) is 8.04. The van der Waals surface area contributed by atoms with E-state index in [-0.39, 0.29) is 12.1 Å². The van der Waals surface area contributed by atoms with Gasteiger partial charge in [0.25, 0.3) is 0 Å². The molecule has 3 heterocycles. The van der Waals surface area contributed by atoms with Crippen molar-refractivity contribution in [2.75, 3.05) is 5.32 Å². The number of nitrogens with zero attached hydrogens (tertiary/aromatic N) is 5. The standard InChI is InChI=1S/C24H24N6O/c31-24(30-22(13-15-27-30)19-7-2-1-3-8-19)28-20-9-4-6-18(16-20)11-12-21-17-25-23-10-5-14-26-29(21)23/h4-6,9-10,14-17,19,22H,1-3,7-8,13H2,(H,28,31). The van der Waals surface area contributed by atoms with Crippen molar-refractivity contribution in [3.8, 4) is 11.8 Å². The fourth-order valence-electron chi connectivity index (χ4n) is 4.45. The number of benzene rings is 1. The van der Waals surface area contributed by atoms with Gasteiger partial charge in [0.15, 0.2) is 5.65 Å². The molecule has 1 fully saturated rings. The van der Waals surface area contributed by atoms with Crippen LogP contribution in [0.3, 0.4) is 0 Å². The number of hydrogen-bond acceptors (Lipinski definition) is 4. The predicted molar refractivity (Wildman–Crippen MR) is 120 cm³/mol. The van der Waals surface area contributed by atoms with Gasteiger partial charge < -0.3 is 5.32 Å². The molecule has 7 nitrogen and oxygen atoms in total. The van der Waals surface area contributed by atoms with Gasteiger partial charge in [-0.05, 0) is 55.0 Å². The number of imidazole rings is 1. The SMILES string of the molecule is O=C(Nc1cccc(C#Cc2cnc3cccnn23)c1)N1N=CCC1C1CCCCC1. The van der Waals surface area contributed by atoms with Crippen LogP contribution in [0, 0.1) is 17.8 Å². The zero-order valence-electron chi connectivity index (χ0n) is 17.2. The molecule has 0 bridgehead atoms. The van der Waals surface area contributed by atoms with Gasteiger partial charge in [-0.25, -0.2) is 19.3 Å². The fraction of sp³-hybridized carbons (Fsp3) is 0.333. The molecule has 2 aromatic heterocycles. The number of hydrogen-bond donors (Lipinski definition) is 1. The maximum Gasteiger partial charge on any atom is 0.342 e. The number of anilines is 1. The average molecular weight is 412 g/mol. The summed E-state index contributed by atoms with van der Waals surface area (Å²) < 4.78 is 1.70. The Morgan fingerprint density at radius 3 is 2.90 bits per heavy atom. The normalized spacial score (nSPS) is 18.7. The molecule has 31 heavy (non-hydrogen) atoms. The summed E-state index contributed by atoms with van der Waals surface area (Å²) in [5, 5.41) is 13.3. The first-order valence-electron chi connectivity index (χ1n) is 10.8. The number of aromatic nitrogens is 3. The van der Waals surface area contributed by atoms with Gasteiger partial charge in [-0.3, -0.25) is 0 Å². The first-order valence-corrected chi connectivity index (χ1v) is 10.8. The Kier molecular flexibility index (Phi) is 5.36. The number of hydrazone groups is 1. The quantitative estimate of drug-likeness (QED) is 0.638. The van der Waals surface area contributed by atoms with Crippen molar-refractivity contribution in [1.29, 1.82) is 0 Å². The maximum atomic E-state index is 12.9. The molecule has 156 valence electrons. The zero-order chi connectivity index (χ0) is 21.0. The van der Waals surface area contributed by atoms with Crippen LogP contribution < -0.4 is 5.32 Å². The van der Waals surface area contributed by atoms with Gasteiger partial charge in [0.2, 0.25) is 0 Å². The Morgan fingerprint density at radius 1 is 1.10 bits per heavy atom. The third-order valence-electron chi connectivity index (χ3n) is 6.00. The number of rotatable bonds is 2. The Hall–Kier alpha value is -3.66. The molecule has 7 heteroatoms. The molecular formula is C24H24N6O. The molecule has 1 aromatic carbocycles. The highest BCUT2D eigenvalue weighted by Crippen LogP contribution is 2.32. The zero-order valence-corrected chi connectivity index (χ0v) is 17.2. The van der Waals surface area contributed by atoms with Crippen LogP contribution in [0.1, 0.15) is 49.8 Å². The molecule has 0 saturated heterocycles. The number of nitrogens with one attached hydrogen (secondary N) is 1. The average Bonchev–Trinajstić information content (AvgIpc) is 3.46. The maximum absolute atomic E-state index is 12.9. The molecule has 1 atom stereocenters. The van der Waals surface area contributed by atoms with E-state index in [1.165, 1.54) is 32.1 Å². The van der Waals surface area contributed by atoms with Gasteiger partial charge in [-0.2, -0.15) is 10.2 Å². The molecule has 1 saturated carbocycles. The summed E-state index contributed by atoms with van der Waals surface area (Å²) in [6.07, 6.45) is 12.3. The van der Waals surface area contributed by atoms with Gasteiger partial charge in [0, 0.05) is 30.1 Å². The Balaban J connectivity index is 1.29. The molecule has 2 amide bonds. The summed E-state index contributed by atoms with van der Waals surface area (Å²) in [7, 11) is 0. The van der Waals surface area contributed by atoms with Crippen LogP contribution in [0.4, 0.5) is 10.5 Å². The summed E-state index contributed by atoms with van der Waals surface area (Å²) in [6.45, 7) is 0. The Labute approximate surface area is 181 Å². The molecule has 2 aliphatic rings. The molecule has 0 radical (unpaired) electrons. The van der Waals surface area contributed by atoms with Crippen molar-refractivity contribution >= 4 is 23.6 Å². The van der Waals surface area contributed by atoms with E-state index in [1.807, 2.05) is 42.6 Å². The number of carbonyl (C=O) groups is 1. The van der Waals surface area contributed by atoms with Crippen molar-refractivity contribution in [2.45, 2.75) is 44.6 Å². The lowest BCUT2D eigenvalue weighted by atomic mass is 9.83. The van der Waals surface area contributed by atoms with Crippen LogP contribution in [0.25, 0.3) is 5.65 Å². The van der Waals surface area contributed by atoms with Crippen molar-refractivity contribution < 1.29 is 4.79 Å². The van der Waals surface area contributed by atoms with Gasteiger partial charge in [-0.15, -0.1) is 0 Å². The van der Waals surface area contributed by atoms with Crippen LogP contribution in [-0.4, -0.2) is 37.9 Å². The Morgan fingerprint density at radius 2 is 2.00 bits per heavy atom. The van der Waals surface area contributed by atoms with Crippen LogP contribution in [0.15, 0.2) is 53.9 Å². The lowest BCUT2D eigenvalue weighted by Gasteiger charge is -2.32. The molecule has 3 aromatic rings. The summed E-state index contributed by atoms with van der Waals surface area (Å²) >= 11 is 0. The highest BCUT2D eigenvalue weighted by atomic mass is 16.2. The van der Waals surface area contributed by atoms with Crippen LogP contribution in [-0.2, 0) is 0 Å². The molecule has 0 spiro atoms. The van der Waals surface area contributed by atoms with E-state index < -0.39 is 0 Å². The smallest absolute Gasteiger partial charge is 0.306 e. The van der Waals surface area contributed by atoms with Crippen molar-refractivity contribution in [3.63, 3.8) is 0 Å². The lowest BCUT2D eigenvalue weighted by Crippen LogP contribution is -2.41. The van der Waals surface area contributed by atoms with E-state index in [0.29, 0.717) is 17.3 Å². The van der Waals surface area contributed by atoms with Crippen LogP contribution in [0.5, 0.6) is 0 Å². The highest BCUT2D eigenvalue weighted by Gasteiger charge is 2.34. The third kappa shape index (κ3) is 4.15. The first-order chi connectivity index (χ1) is 15.3. The molecular weight excluding hydrogens is 388 g/mol. The number of fused-ring (bicyclic) bond motifs is 1. The molecule has 1 aliphatic carbocycles. The third-order valence-corrected chi connectivity index (χ3v) is 6.00. The van der Waals surface area contributed by atoms with E-state index in [9.17, 15) is 4.79 Å². The van der Waals surface area contributed by atoms with Gasteiger partial charge in [0.05, 0.1) is 12.2 Å². The number of carbonyl (C=O) groups excluding carboxylic acids is 1. The van der Waals surface area contributed by atoms with Crippen molar-refractivity contribution in [3.05, 3.63) is 60.0 Å². The molecule has 5 rings (SSSR count). The van der Waals surface area contributed by atoms with E-state index in [4.69, 9.17) is 0 Å². The van der Waals surface area contributed by atoms with E-state index in [2.05, 4.69) is 32.3 Å². The number of urea groups is 1. The summed E-state index contributed by atoms with van der Waals surface area (Å²) in [5.74, 6) is 6.79. The summed E-state index contributed by atoms with van der Waals surface area (Å²) in [5.41, 5.74) is 2.98. The Bertz CT molecular complexity index is 1180. The summed E-state index contributed by atoms with van der Waals surface area (Å²) in [6, 6.07) is 11.3. The molecule has 1 unspecified atom stereocenters. The van der Waals surface area contributed by atoms with Gasteiger partial charge >= 0.3 is 6.03 Å². The predicted octanol–water partition coefficient (Wildman–Crippen LogP) is 4.30. The van der Waals surface area contributed by atoms with Crippen LogP contribution >= 0.6 is 0 Å². The number of amides is 2. The minimum absolute atomic E-state index is 0.172. The molecule has 1 N–H and O–H groups in total. The molecule has 1 aliphatic heterocycles. The van der Waals surface area contributed by atoms with E-state index in [0.717, 1.165) is 17.6 Å².